The largest absolute Gasteiger partial charge is 0.501 e. The minimum atomic E-state index is -2.95. The van der Waals surface area contributed by atoms with Crippen molar-refractivity contribution in [1.82, 2.24) is 0 Å². The van der Waals surface area contributed by atoms with Crippen molar-refractivity contribution in [3.63, 3.8) is 0 Å². The molecule has 1 aromatic rings. The van der Waals surface area contributed by atoms with E-state index < -0.39 is 6.61 Å². The number of hydrogen-bond acceptors (Lipinski definition) is 3. The Kier molecular flexibility index (Phi) is 3.92. The molecule has 0 unspecified atom stereocenters. The van der Waals surface area contributed by atoms with Crippen LogP contribution in [0.2, 0.25) is 0 Å². The van der Waals surface area contributed by atoms with Gasteiger partial charge < -0.3 is 9.47 Å². The van der Waals surface area contributed by atoms with E-state index in [4.69, 9.17) is 4.74 Å². The number of Topliss-reactive ketones (excluding diaryl/α,β-unsaturated/α-hetero) is 1. The molecule has 1 aromatic carbocycles. The van der Waals surface area contributed by atoms with Crippen molar-refractivity contribution in [2.75, 3.05) is 6.61 Å². The number of allylic oxidation sites excluding steroid dienone is 1. The Bertz CT molecular complexity index is 469. The molecule has 96 valence electrons. The molecular formula is C13H12F2O3. The van der Waals surface area contributed by atoms with E-state index >= 15 is 0 Å². The van der Waals surface area contributed by atoms with Gasteiger partial charge in [-0.25, -0.2) is 0 Å². The van der Waals surface area contributed by atoms with Crippen LogP contribution in [-0.2, 0) is 4.74 Å². The number of alkyl halides is 2. The number of rotatable bonds is 4. The number of ketones is 1. The van der Waals surface area contributed by atoms with Crippen molar-refractivity contribution in [2.45, 2.75) is 19.5 Å². The molecule has 18 heavy (non-hydrogen) atoms. The minimum Gasteiger partial charge on any atom is -0.501 e. The van der Waals surface area contributed by atoms with Gasteiger partial charge in [0.1, 0.15) is 5.75 Å². The predicted octanol–water partition coefficient (Wildman–Crippen LogP) is 3.17. The Morgan fingerprint density at radius 1 is 1.33 bits per heavy atom. The van der Waals surface area contributed by atoms with Gasteiger partial charge in [0, 0.05) is 5.57 Å². The Balaban J connectivity index is 2.26. The fraction of sp³-hybridized carbons (Fsp3) is 0.308. The molecule has 0 spiro atoms. The van der Waals surface area contributed by atoms with E-state index in [9.17, 15) is 13.6 Å². The number of halogens is 2. The van der Waals surface area contributed by atoms with Gasteiger partial charge in [-0.05, 0) is 25.0 Å². The van der Waals surface area contributed by atoms with Crippen LogP contribution in [-0.4, -0.2) is 19.0 Å². The molecule has 2 rings (SSSR count). The highest BCUT2D eigenvalue weighted by molar-refractivity contribution is 6.10. The summed E-state index contributed by atoms with van der Waals surface area (Å²) in [4.78, 5) is 12.1. The molecule has 5 heteroatoms. The first kappa shape index (κ1) is 12.5. The van der Waals surface area contributed by atoms with Gasteiger partial charge >= 0.3 is 6.61 Å². The monoisotopic (exact) mass is 254 g/mol. The second-order valence-electron chi connectivity index (χ2n) is 3.82. The number of hydrogen-bond donors (Lipinski definition) is 0. The van der Waals surface area contributed by atoms with Crippen LogP contribution in [0.3, 0.4) is 0 Å². The van der Waals surface area contributed by atoms with E-state index in [0.29, 0.717) is 18.6 Å². The molecule has 0 atom stereocenters. The first-order valence-corrected chi connectivity index (χ1v) is 5.57. The van der Waals surface area contributed by atoms with E-state index in [-0.39, 0.29) is 17.1 Å². The van der Waals surface area contributed by atoms with Crippen molar-refractivity contribution in [1.29, 1.82) is 0 Å². The van der Waals surface area contributed by atoms with Gasteiger partial charge in [-0.1, -0.05) is 12.1 Å². The normalized spacial score (nSPS) is 14.9. The molecule has 1 aliphatic heterocycles. The van der Waals surface area contributed by atoms with Crippen molar-refractivity contribution in [3.8, 4) is 5.75 Å². The lowest BCUT2D eigenvalue weighted by Gasteiger charge is -2.14. The van der Waals surface area contributed by atoms with E-state index in [1.807, 2.05) is 0 Å². The first-order valence-electron chi connectivity index (χ1n) is 5.57. The molecule has 1 aliphatic rings. The van der Waals surface area contributed by atoms with E-state index in [1.54, 1.807) is 12.1 Å². The zero-order chi connectivity index (χ0) is 13.0. The number of para-hydroxylation sites is 1. The molecule has 0 aliphatic carbocycles. The molecule has 0 fully saturated rings. The van der Waals surface area contributed by atoms with Crippen molar-refractivity contribution in [2.24, 2.45) is 0 Å². The number of ether oxygens (including phenoxy) is 2. The van der Waals surface area contributed by atoms with Crippen molar-refractivity contribution < 1.29 is 23.0 Å². The molecule has 0 amide bonds. The van der Waals surface area contributed by atoms with Crippen LogP contribution in [0.5, 0.6) is 5.75 Å². The highest BCUT2D eigenvalue weighted by Crippen LogP contribution is 2.25. The molecule has 0 saturated heterocycles. The van der Waals surface area contributed by atoms with Crippen molar-refractivity contribution in [3.05, 3.63) is 41.7 Å². The third kappa shape index (κ3) is 2.85. The molecule has 0 saturated carbocycles. The average Bonchev–Trinajstić information content (AvgIpc) is 2.39. The third-order valence-electron chi connectivity index (χ3n) is 2.57. The summed E-state index contributed by atoms with van der Waals surface area (Å²) in [6.45, 7) is -2.37. The SMILES string of the molecule is O=C(C1=COCCC1)c1ccccc1OC(F)F. The van der Waals surface area contributed by atoms with Crippen LogP contribution >= 0.6 is 0 Å². The number of carbonyl (C=O) groups is 1. The number of carbonyl (C=O) groups excluding carboxylic acids is 1. The zero-order valence-electron chi connectivity index (χ0n) is 9.57. The fourth-order valence-electron chi connectivity index (χ4n) is 1.76. The maximum absolute atomic E-state index is 12.2. The zero-order valence-corrected chi connectivity index (χ0v) is 9.57. The molecule has 0 N–H and O–H groups in total. The van der Waals surface area contributed by atoms with E-state index in [1.165, 1.54) is 18.4 Å². The maximum atomic E-state index is 12.2. The minimum absolute atomic E-state index is 0.107. The molecule has 1 heterocycles. The average molecular weight is 254 g/mol. The van der Waals surface area contributed by atoms with Gasteiger partial charge in [-0.2, -0.15) is 8.78 Å². The van der Waals surface area contributed by atoms with Gasteiger partial charge in [0.25, 0.3) is 0 Å². The van der Waals surface area contributed by atoms with Crippen LogP contribution in [0.4, 0.5) is 8.78 Å². The van der Waals surface area contributed by atoms with Gasteiger partial charge in [-0.15, -0.1) is 0 Å². The second kappa shape index (κ2) is 5.62. The van der Waals surface area contributed by atoms with Crippen LogP contribution in [0.15, 0.2) is 36.1 Å². The quantitative estimate of drug-likeness (QED) is 0.774. The van der Waals surface area contributed by atoms with Gasteiger partial charge in [0.05, 0.1) is 18.4 Å². The van der Waals surface area contributed by atoms with Gasteiger partial charge in [0.15, 0.2) is 5.78 Å². The Morgan fingerprint density at radius 2 is 2.11 bits per heavy atom. The van der Waals surface area contributed by atoms with Crippen molar-refractivity contribution >= 4 is 5.78 Å². The molecule has 3 nitrogen and oxygen atoms in total. The third-order valence-corrected chi connectivity index (χ3v) is 2.57. The Hall–Kier alpha value is -1.91. The van der Waals surface area contributed by atoms with E-state index in [0.717, 1.165) is 6.42 Å². The lowest BCUT2D eigenvalue weighted by Crippen LogP contribution is -2.12. The second-order valence-corrected chi connectivity index (χ2v) is 3.82. The summed E-state index contributed by atoms with van der Waals surface area (Å²) < 4.78 is 33.9. The van der Waals surface area contributed by atoms with Crippen LogP contribution in [0.25, 0.3) is 0 Å². The summed E-state index contributed by atoms with van der Waals surface area (Å²) >= 11 is 0. The molecule has 0 aromatic heterocycles. The molecular weight excluding hydrogens is 242 g/mol. The van der Waals surface area contributed by atoms with Gasteiger partial charge in [0.2, 0.25) is 0 Å². The summed E-state index contributed by atoms with van der Waals surface area (Å²) in [5, 5.41) is 0. The summed E-state index contributed by atoms with van der Waals surface area (Å²) in [6.07, 6.45) is 2.72. The van der Waals surface area contributed by atoms with Crippen LogP contribution in [0.1, 0.15) is 23.2 Å². The Morgan fingerprint density at radius 3 is 2.78 bits per heavy atom. The first-order chi connectivity index (χ1) is 8.68. The summed E-state index contributed by atoms with van der Waals surface area (Å²) in [5.74, 6) is -0.435. The lowest BCUT2D eigenvalue weighted by molar-refractivity contribution is -0.0501. The highest BCUT2D eigenvalue weighted by atomic mass is 19.3. The summed E-state index contributed by atoms with van der Waals surface area (Å²) in [7, 11) is 0. The summed E-state index contributed by atoms with van der Waals surface area (Å²) in [5.41, 5.74) is 0.612. The molecule has 0 radical (unpaired) electrons. The Labute approximate surface area is 103 Å². The predicted molar refractivity (Wildman–Crippen MR) is 60.7 cm³/mol. The summed E-state index contributed by atoms with van der Waals surface area (Å²) in [6, 6.07) is 5.97. The standard InChI is InChI=1S/C13H12F2O3/c14-13(15)18-11-6-2-1-5-10(11)12(16)9-4-3-7-17-8-9/h1-2,5-6,8,13H,3-4,7H2. The maximum Gasteiger partial charge on any atom is 0.387 e. The number of benzene rings is 1. The van der Waals surface area contributed by atoms with E-state index in [2.05, 4.69) is 4.74 Å². The van der Waals surface area contributed by atoms with Crippen LogP contribution < -0.4 is 4.74 Å². The smallest absolute Gasteiger partial charge is 0.387 e. The van der Waals surface area contributed by atoms with Gasteiger partial charge in [-0.3, -0.25) is 4.79 Å². The highest BCUT2D eigenvalue weighted by Gasteiger charge is 2.20. The fourth-order valence-corrected chi connectivity index (χ4v) is 1.76. The van der Waals surface area contributed by atoms with Crippen LogP contribution in [0, 0.1) is 0 Å². The lowest BCUT2D eigenvalue weighted by atomic mass is 9.99. The topological polar surface area (TPSA) is 35.5 Å². The molecule has 0 bridgehead atoms.